The average Bonchev–Trinajstić information content (AvgIpc) is 2.69. The van der Waals surface area contributed by atoms with Crippen LogP contribution in [0.25, 0.3) is 0 Å². The van der Waals surface area contributed by atoms with Gasteiger partial charge < -0.3 is 10.4 Å². The molecule has 0 aliphatic carbocycles. The Labute approximate surface area is 113 Å². The number of hydrogen-bond acceptors (Lipinski definition) is 4. The second-order valence-electron chi connectivity index (χ2n) is 4.02. The molecule has 0 atom stereocenters. The van der Waals surface area contributed by atoms with E-state index in [1.54, 1.807) is 17.4 Å². The Morgan fingerprint density at radius 3 is 2.63 bits per heavy atom. The topological polar surface area (TPSA) is 79.3 Å². The van der Waals surface area contributed by atoms with Crippen molar-refractivity contribution in [2.45, 2.75) is 13.8 Å². The van der Waals surface area contributed by atoms with Gasteiger partial charge in [-0.25, -0.2) is 9.78 Å². The average molecular weight is 276 g/mol. The monoisotopic (exact) mass is 276 g/mol. The molecule has 6 heteroatoms. The third-order valence-electron chi connectivity index (χ3n) is 2.53. The summed E-state index contributed by atoms with van der Waals surface area (Å²) in [7, 11) is 0. The number of carbonyl (C=O) groups excluding carboxylic acids is 1. The molecule has 0 aliphatic rings. The SMILES string of the molecule is Cc1cc(C(=O)Nc2cc(C(=O)O)ccn2)c(C)s1. The maximum absolute atomic E-state index is 12.0. The number of rotatable bonds is 3. The van der Waals surface area contributed by atoms with Gasteiger partial charge in [0.2, 0.25) is 0 Å². The molecule has 2 heterocycles. The van der Waals surface area contributed by atoms with Crippen molar-refractivity contribution in [1.29, 1.82) is 0 Å². The molecular formula is C13H12N2O3S. The van der Waals surface area contributed by atoms with Gasteiger partial charge in [-0.05, 0) is 32.0 Å². The maximum atomic E-state index is 12.0. The molecule has 0 aromatic carbocycles. The Hall–Kier alpha value is -2.21. The van der Waals surface area contributed by atoms with Crippen LogP contribution in [0.3, 0.4) is 0 Å². The summed E-state index contributed by atoms with van der Waals surface area (Å²) in [6.07, 6.45) is 1.35. The van der Waals surface area contributed by atoms with E-state index in [2.05, 4.69) is 10.3 Å². The number of carboxylic acid groups (broad SMARTS) is 1. The Morgan fingerprint density at radius 2 is 2.05 bits per heavy atom. The summed E-state index contributed by atoms with van der Waals surface area (Å²) in [6.45, 7) is 3.80. The Bertz CT molecular complexity index is 649. The Kier molecular flexibility index (Phi) is 3.62. The van der Waals surface area contributed by atoms with Crippen molar-refractivity contribution in [3.05, 3.63) is 45.3 Å². The van der Waals surface area contributed by atoms with E-state index in [1.807, 2.05) is 13.8 Å². The van der Waals surface area contributed by atoms with Gasteiger partial charge in [0.15, 0.2) is 0 Å². The van der Waals surface area contributed by atoms with Crippen LogP contribution in [-0.4, -0.2) is 22.0 Å². The number of nitrogens with one attached hydrogen (secondary N) is 1. The number of nitrogens with zero attached hydrogens (tertiary/aromatic N) is 1. The number of amides is 1. The van der Waals surface area contributed by atoms with E-state index >= 15 is 0 Å². The lowest BCUT2D eigenvalue weighted by Crippen LogP contribution is -2.13. The molecule has 0 aliphatic heterocycles. The molecule has 2 N–H and O–H groups in total. The minimum Gasteiger partial charge on any atom is -0.478 e. The highest BCUT2D eigenvalue weighted by Gasteiger charge is 2.13. The number of aromatic nitrogens is 1. The summed E-state index contributed by atoms with van der Waals surface area (Å²) >= 11 is 1.54. The third-order valence-corrected chi connectivity index (χ3v) is 3.50. The quantitative estimate of drug-likeness (QED) is 0.903. The van der Waals surface area contributed by atoms with Crippen molar-refractivity contribution in [2.24, 2.45) is 0 Å². The van der Waals surface area contributed by atoms with Gasteiger partial charge in [0, 0.05) is 16.0 Å². The Balaban J connectivity index is 2.21. The highest BCUT2D eigenvalue weighted by Crippen LogP contribution is 2.21. The number of anilines is 1. The largest absolute Gasteiger partial charge is 0.478 e. The number of hydrogen-bond donors (Lipinski definition) is 2. The van der Waals surface area contributed by atoms with E-state index in [4.69, 9.17) is 5.11 Å². The first-order valence-corrected chi connectivity index (χ1v) is 6.37. The lowest BCUT2D eigenvalue weighted by Gasteiger charge is -2.04. The molecule has 2 aromatic rings. The van der Waals surface area contributed by atoms with E-state index < -0.39 is 5.97 Å². The lowest BCUT2D eigenvalue weighted by molar-refractivity contribution is 0.0696. The molecule has 1 amide bonds. The second kappa shape index (κ2) is 5.19. The van der Waals surface area contributed by atoms with Crippen LogP contribution in [-0.2, 0) is 0 Å². The zero-order chi connectivity index (χ0) is 14.0. The first kappa shape index (κ1) is 13.2. The predicted octanol–water partition coefficient (Wildman–Crippen LogP) is 2.71. The van der Waals surface area contributed by atoms with Gasteiger partial charge >= 0.3 is 5.97 Å². The summed E-state index contributed by atoms with van der Waals surface area (Å²) in [4.78, 5) is 28.8. The first-order valence-electron chi connectivity index (χ1n) is 5.55. The first-order chi connectivity index (χ1) is 8.97. The summed E-state index contributed by atoms with van der Waals surface area (Å²) < 4.78 is 0. The predicted molar refractivity (Wildman–Crippen MR) is 72.9 cm³/mol. The van der Waals surface area contributed by atoms with Crippen LogP contribution in [0.1, 0.15) is 30.5 Å². The fraction of sp³-hybridized carbons (Fsp3) is 0.154. The molecule has 0 spiro atoms. The van der Waals surface area contributed by atoms with Crippen molar-refractivity contribution < 1.29 is 14.7 Å². The smallest absolute Gasteiger partial charge is 0.335 e. The van der Waals surface area contributed by atoms with Crippen molar-refractivity contribution >= 4 is 29.0 Å². The molecule has 0 saturated heterocycles. The second-order valence-corrected chi connectivity index (χ2v) is 5.48. The standard InChI is InChI=1S/C13H12N2O3S/c1-7-5-10(8(2)19-7)12(16)15-11-6-9(13(17)18)3-4-14-11/h3-6H,1-2H3,(H,17,18)(H,14,15,16). The van der Waals surface area contributed by atoms with Gasteiger partial charge in [-0.1, -0.05) is 0 Å². The van der Waals surface area contributed by atoms with Crippen LogP contribution in [0.4, 0.5) is 5.82 Å². The van der Waals surface area contributed by atoms with E-state index in [9.17, 15) is 9.59 Å². The lowest BCUT2D eigenvalue weighted by atomic mass is 10.2. The van der Waals surface area contributed by atoms with Crippen molar-refractivity contribution in [2.75, 3.05) is 5.32 Å². The summed E-state index contributed by atoms with van der Waals surface area (Å²) in [5, 5.41) is 11.5. The van der Waals surface area contributed by atoms with Gasteiger partial charge in [0.1, 0.15) is 5.82 Å². The molecule has 2 rings (SSSR count). The van der Waals surface area contributed by atoms with Crippen molar-refractivity contribution in [3.8, 4) is 0 Å². The third kappa shape index (κ3) is 2.97. The van der Waals surface area contributed by atoms with E-state index in [0.29, 0.717) is 5.56 Å². The minimum atomic E-state index is -1.06. The molecular weight excluding hydrogens is 264 g/mol. The number of carboxylic acids is 1. The zero-order valence-corrected chi connectivity index (χ0v) is 11.2. The zero-order valence-electron chi connectivity index (χ0n) is 10.4. The summed E-state index contributed by atoms with van der Waals surface area (Å²) in [6, 6.07) is 4.50. The van der Waals surface area contributed by atoms with E-state index in [1.165, 1.54) is 18.3 Å². The van der Waals surface area contributed by atoms with Crippen LogP contribution in [0.5, 0.6) is 0 Å². The van der Waals surface area contributed by atoms with E-state index in [0.717, 1.165) is 9.75 Å². The van der Waals surface area contributed by atoms with Crippen LogP contribution >= 0.6 is 11.3 Å². The fourth-order valence-electron chi connectivity index (χ4n) is 1.67. The summed E-state index contributed by atoms with van der Waals surface area (Å²) in [5.41, 5.74) is 0.675. The fourth-order valence-corrected chi connectivity index (χ4v) is 2.59. The number of pyridine rings is 1. The number of aromatic carboxylic acids is 1. The highest BCUT2D eigenvalue weighted by atomic mass is 32.1. The highest BCUT2D eigenvalue weighted by molar-refractivity contribution is 7.12. The molecule has 98 valence electrons. The van der Waals surface area contributed by atoms with Gasteiger partial charge in [-0.3, -0.25) is 4.79 Å². The molecule has 0 unspecified atom stereocenters. The normalized spacial score (nSPS) is 10.2. The Morgan fingerprint density at radius 1 is 1.32 bits per heavy atom. The van der Waals surface area contributed by atoms with Crippen LogP contribution < -0.4 is 5.32 Å². The maximum Gasteiger partial charge on any atom is 0.335 e. The van der Waals surface area contributed by atoms with Gasteiger partial charge in [-0.15, -0.1) is 11.3 Å². The van der Waals surface area contributed by atoms with Crippen LogP contribution in [0.2, 0.25) is 0 Å². The van der Waals surface area contributed by atoms with Gasteiger partial charge in [0.05, 0.1) is 11.1 Å². The molecule has 2 aromatic heterocycles. The summed E-state index contributed by atoms with van der Waals surface area (Å²) in [5.74, 6) is -1.11. The molecule has 0 saturated carbocycles. The van der Waals surface area contributed by atoms with Crippen molar-refractivity contribution in [3.63, 3.8) is 0 Å². The number of carbonyl (C=O) groups is 2. The number of thiophene rings is 1. The van der Waals surface area contributed by atoms with Crippen molar-refractivity contribution in [1.82, 2.24) is 4.98 Å². The molecule has 0 fully saturated rings. The molecule has 0 radical (unpaired) electrons. The van der Waals surface area contributed by atoms with Gasteiger partial charge in [0.25, 0.3) is 5.91 Å². The van der Waals surface area contributed by atoms with E-state index in [-0.39, 0.29) is 17.3 Å². The molecule has 5 nitrogen and oxygen atoms in total. The molecule has 19 heavy (non-hydrogen) atoms. The van der Waals surface area contributed by atoms with Crippen LogP contribution in [0.15, 0.2) is 24.4 Å². The number of aryl methyl sites for hydroxylation is 2. The molecule has 0 bridgehead atoms. The minimum absolute atomic E-state index is 0.0866. The van der Waals surface area contributed by atoms with Gasteiger partial charge in [-0.2, -0.15) is 0 Å². The van der Waals surface area contributed by atoms with Crippen LogP contribution in [0, 0.1) is 13.8 Å².